The van der Waals surface area contributed by atoms with Crippen molar-refractivity contribution in [1.82, 2.24) is 5.32 Å². The van der Waals surface area contributed by atoms with Gasteiger partial charge >= 0.3 is 11.9 Å². The molecular weight excluding hydrogens is 338 g/mol. The maximum atomic E-state index is 12.2. The molecule has 4 N–H and O–H groups in total. The van der Waals surface area contributed by atoms with Crippen LogP contribution in [0.3, 0.4) is 0 Å². The molecule has 0 radical (unpaired) electrons. The molecular formula is C15H17NO7S. The molecule has 1 aliphatic heterocycles. The zero-order valence-corrected chi connectivity index (χ0v) is 13.7. The van der Waals surface area contributed by atoms with Crippen LogP contribution in [-0.2, 0) is 20.1 Å². The molecule has 1 aromatic carbocycles. The van der Waals surface area contributed by atoms with E-state index in [1.165, 1.54) is 6.92 Å². The summed E-state index contributed by atoms with van der Waals surface area (Å²) in [5.41, 5.74) is 0.550. The average Bonchev–Trinajstić information content (AvgIpc) is 2.49. The van der Waals surface area contributed by atoms with Gasteiger partial charge in [0, 0.05) is 28.7 Å². The molecule has 1 aromatic rings. The van der Waals surface area contributed by atoms with Gasteiger partial charge < -0.3 is 25.4 Å². The first-order chi connectivity index (χ1) is 11.3. The normalized spacial score (nSPS) is 19.3. The van der Waals surface area contributed by atoms with Crippen LogP contribution >= 0.6 is 11.8 Å². The standard InChI is InChI=1S/C15H17NO7S/c1-7-10(17)4-11(18)8-5-24-6-9(14(20)21)16-12(19)2-3-23-15(22)13(7)8/h4,9,17-18H,2-3,5-6H2,1H3,(H,16,19)(H,20,21). The Labute approximate surface area is 141 Å². The number of nitrogens with one attached hydrogen (secondary N) is 1. The molecule has 0 spiro atoms. The quantitative estimate of drug-likeness (QED) is 0.543. The second-order valence-corrected chi connectivity index (χ2v) is 6.28. The average molecular weight is 355 g/mol. The van der Waals surface area contributed by atoms with Crippen LogP contribution in [0.15, 0.2) is 6.07 Å². The summed E-state index contributed by atoms with van der Waals surface area (Å²) < 4.78 is 5.02. The minimum absolute atomic E-state index is 0.0351. The fourth-order valence-electron chi connectivity index (χ4n) is 2.26. The number of thioether (sulfide) groups is 1. The van der Waals surface area contributed by atoms with Gasteiger partial charge in [-0.25, -0.2) is 9.59 Å². The largest absolute Gasteiger partial charge is 0.508 e. The number of aromatic hydroxyl groups is 2. The summed E-state index contributed by atoms with van der Waals surface area (Å²) in [6.45, 7) is 1.28. The number of benzene rings is 1. The summed E-state index contributed by atoms with van der Waals surface area (Å²) in [7, 11) is 0. The second-order valence-electron chi connectivity index (χ2n) is 5.25. The van der Waals surface area contributed by atoms with Gasteiger partial charge in [0.1, 0.15) is 24.1 Å². The monoisotopic (exact) mass is 355 g/mol. The van der Waals surface area contributed by atoms with Crippen LogP contribution in [0.5, 0.6) is 11.5 Å². The van der Waals surface area contributed by atoms with E-state index in [1.54, 1.807) is 0 Å². The number of ether oxygens (including phenoxy) is 1. The number of esters is 1. The molecule has 0 saturated carbocycles. The molecule has 1 aliphatic rings. The highest BCUT2D eigenvalue weighted by Gasteiger charge is 2.25. The van der Waals surface area contributed by atoms with Crippen molar-refractivity contribution < 1.29 is 34.4 Å². The van der Waals surface area contributed by atoms with E-state index in [0.717, 1.165) is 17.8 Å². The number of hydrogen-bond acceptors (Lipinski definition) is 7. The Morgan fingerprint density at radius 3 is 2.71 bits per heavy atom. The molecule has 0 aromatic heterocycles. The molecule has 0 saturated heterocycles. The Bertz CT molecular complexity index is 689. The smallest absolute Gasteiger partial charge is 0.338 e. The molecule has 130 valence electrons. The van der Waals surface area contributed by atoms with E-state index in [9.17, 15) is 24.6 Å². The summed E-state index contributed by atoms with van der Waals surface area (Å²) in [6.07, 6.45) is -0.181. The fourth-order valence-corrected chi connectivity index (χ4v) is 3.33. The van der Waals surface area contributed by atoms with Gasteiger partial charge in [-0.05, 0) is 6.92 Å². The van der Waals surface area contributed by atoms with Crippen LogP contribution in [0, 0.1) is 6.92 Å². The van der Waals surface area contributed by atoms with Crippen LogP contribution in [-0.4, -0.2) is 51.6 Å². The predicted molar refractivity (Wildman–Crippen MR) is 85.1 cm³/mol. The number of hydrogen-bond donors (Lipinski definition) is 4. The molecule has 2 rings (SSSR count). The van der Waals surface area contributed by atoms with Crippen molar-refractivity contribution in [1.29, 1.82) is 0 Å². The number of carboxylic acid groups (broad SMARTS) is 1. The highest BCUT2D eigenvalue weighted by Crippen LogP contribution is 2.35. The van der Waals surface area contributed by atoms with Crippen molar-refractivity contribution in [2.24, 2.45) is 0 Å². The van der Waals surface area contributed by atoms with Gasteiger partial charge in [-0.1, -0.05) is 0 Å². The van der Waals surface area contributed by atoms with E-state index in [-0.39, 0.29) is 52.7 Å². The molecule has 1 unspecified atom stereocenters. The molecule has 9 heteroatoms. The number of phenolic OH excluding ortho intramolecular Hbond substituents is 2. The first-order valence-corrected chi connectivity index (χ1v) is 8.28. The third kappa shape index (κ3) is 3.91. The van der Waals surface area contributed by atoms with E-state index in [4.69, 9.17) is 9.84 Å². The first-order valence-electron chi connectivity index (χ1n) is 7.12. The number of cyclic esters (lactones) is 1. The summed E-state index contributed by atoms with van der Waals surface area (Å²) >= 11 is 1.13. The Morgan fingerprint density at radius 1 is 1.33 bits per heavy atom. The lowest BCUT2D eigenvalue weighted by atomic mass is 10.0. The minimum Gasteiger partial charge on any atom is -0.508 e. The molecule has 1 heterocycles. The third-order valence-corrected chi connectivity index (χ3v) is 4.64. The lowest BCUT2D eigenvalue weighted by Gasteiger charge is -2.18. The maximum Gasteiger partial charge on any atom is 0.338 e. The highest BCUT2D eigenvalue weighted by atomic mass is 32.2. The maximum absolute atomic E-state index is 12.2. The van der Waals surface area contributed by atoms with Crippen LogP contribution in [0.2, 0.25) is 0 Å². The molecule has 1 atom stereocenters. The number of fused-ring (bicyclic) bond motifs is 1. The van der Waals surface area contributed by atoms with Crippen LogP contribution in [0.25, 0.3) is 0 Å². The van der Waals surface area contributed by atoms with E-state index >= 15 is 0 Å². The molecule has 1 amide bonds. The van der Waals surface area contributed by atoms with Gasteiger partial charge in [0.25, 0.3) is 0 Å². The van der Waals surface area contributed by atoms with Crippen LogP contribution in [0.4, 0.5) is 0 Å². The van der Waals surface area contributed by atoms with E-state index in [0.29, 0.717) is 0 Å². The zero-order chi connectivity index (χ0) is 17.9. The van der Waals surface area contributed by atoms with Crippen molar-refractivity contribution in [3.05, 3.63) is 22.8 Å². The van der Waals surface area contributed by atoms with Crippen molar-refractivity contribution >= 4 is 29.6 Å². The topological polar surface area (TPSA) is 133 Å². The molecule has 24 heavy (non-hydrogen) atoms. The van der Waals surface area contributed by atoms with Gasteiger partial charge in [-0.3, -0.25) is 4.79 Å². The van der Waals surface area contributed by atoms with Crippen molar-refractivity contribution in [3.63, 3.8) is 0 Å². The number of phenols is 2. The van der Waals surface area contributed by atoms with E-state index in [1.807, 2.05) is 0 Å². The van der Waals surface area contributed by atoms with Gasteiger partial charge in [0.2, 0.25) is 5.91 Å². The molecule has 0 aliphatic carbocycles. The number of amides is 1. The van der Waals surface area contributed by atoms with Crippen LogP contribution < -0.4 is 5.32 Å². The SMILES string of the molecule is Cc1c(O)cc(O)c2c1C(=O)OCCC(=O)NC(C(=O)O)CSC2. The predicted octanol–water partition coefficient (Wildman–Crippen LogP) is 0.769. The molecule has 0 fully saturated rings. The minimum atomic E-state index is -1.17. The fraction of sp³-hybridized carbons (Fsp3) is 0.400. The first kappa shape index (κ1) is 17.9. The summed E-state index contributed by atoms with van der Waals surface area (Å²) in [5, 5.41) is 31.3. The van der Waals surface area contributed by atoms with Crippen molar-refractivity contribution in [2.45, 2.75) is 25.1 Å². The Morgan fingerprint density at radius 2 is 2.04 bits per heavy atom. The third-order valence-electron chi connectivity index (χ3n) is 3.57. The van der Waals surface area contributed by atoms with Gasteiger partial charge in [-0.2, -0.15) is 11.8 Å². The Balaban J connectivity index is 2.38. The number of aliphatic carboxylic acids is 1. The molecule has 8 nitrogen and oxygen atoms in total. The van der Waals surface area contributed by atoms with Crippen molar-refractivity contribution in [2.75, 3.05) is 12.4 Å². The Hall–Kier alpha value is -2.42. The molecule has 0 bridgehead atoms. The number of carboxylic acids is 1. The van der Waals surface area contributed by atoms with Gasteiger partial charge in [0.15, 0.2) is 0 Å². The number of carbonyl (C=O) groups excluding carboxylic acids is 2. The van der Waals surface area contributed by atoms with Crippen molar-refractivity contribution in [3.8, 4) is 11.5 Å². The van der Waals surface area contributed by atoms with Gasteiger partial charge in [-0.15, -0.1) is 0 Å². The lowest BCUT2D eigenvalue weighted by molar-refractivity contribution is -0.141. The Kier molecular flexibility index (Phi) is 5.55. The summed E-state index contributed by atoms with van der Waals surface area (Å²) in [4.78, 5) is 35.1. The number of carbonyl (C=O) groups is 3. The second kappa shape index (κ2) is 7.43. The van der Waals surface area contributed by atoms with E-state index in [2.05, 4.69) is 5.32 Å². The van der Waals surface area contributed by atoms with Gasteiger partial charge in [0.05, 0.1) is 12.0 Å². The van der Waals surface area contributed by atoms with Crippen LogP contribution in [0.1, 0.15) is 27.9 Å². The highest BCUT2D eigenvalue weighted by molar-refractivity contribution is 7.98. The lowest BCUT2D eigenvalue weighted by Crippen LogP contribution is -2.43. The number of rotatable bonds is 1. The zero-order valence-electron chi connectivity index (χ0n) is 12.9. The van der Waals surface area contributed by atoms with E-state index < -0.39 is 23.9 Å². The summed E-state index contributed by atoms with van der Waals surface area (Å²) in [6, 6.07) is 0.0473. The summed E-state index contributed by atoms with van der Waals surface area (Å²) in [5.74, 6) is -2.79.